The van der Waals surface area contributed by atoms with Gasteiger partial charge in [0.05, 0.1) is 24.5 Å². The van der Waals surface area contributed by atoms with Crippen LogP contribution in [0.3, 0.4) is 0 Å². The second-order valence-corrected chi connectivity index (χ2v) is 4.66. The molecule has 1 N–H and O–H groups in total. The highest BCUT2D eigenvalue weighted by Crippen LogP contribution is 2.11. The number of hydrogen-bond acceptors (Lipinski definition) is 5. The third-order valence-electron chi connectivity index (χ3n) is 2.42. The van der Waals surface area contributed by atoms with E-state index in [0.29, 0.717) is 12.2 Å². The van der Waals surface area contributed by atoms with Crippen LogP contribution < -0.4 is 0 Å². The van der Waals surface area contributed by atoms with Gasteiger partial charge in [-0.2, -0.15) is 0 Å². The molecule has 2 rings (SSSR count). The zero-order valence-corrected chi connectivity index (χ0v) is 11.7. The summed E-state index contributed by atoms with van der Waals surface area (Å²) in [5, 5.41) is 16.5. The Kier molecular flexibility index (Phi) is 4.23. The van der Waals surface area contributed by atoms with Crippen molar-refractivity contribution in [1.82, 2.24) is 20.0 Å². The molecule has 2 aromatic rings. The van der Waals surface area contributed by atoms with Crippen LogP contribution in [0.1, 0.15) is 21.9 Å². The molecule has 0 aliphatic heterocycles. The summed E-state index contributed by atoms with van der Waals surface area (Å²) in [4.78, 5) is 15.2. The van der Waals surface area contributed by atoms with Gasteiger partial charge in [0.1, 0.15) is 0 Å². The van der Waals surface area contributed by atoms with Crippen molar-refractivity contribution in [3.8, 4) is 0 Å². The van der Waals surface area contributed by atoms with Crippen LogP contribution in [-0.4, -0.2) is 38.2 Å². The average Bonchev–Trinajstić information content (AvgIpc) is 2.76. The Bertz CT molecular complexity index is 582. The van der Waals surface area contributed by atoms with Gasteiger partial charge in [0.25, 0.3) is 0 Å². The number of methoxy groups -OCH3 is 1. The molecular formula is C11H11BrN4O3. The number of carbonyl (C=O) groups is 1. The molecule has 0 aliphatic rings. The van der Waals surface area contributed by atoms with Crippen LogP contribution in [-0.2, 0) is 17.9 Å². The molecule has 0 bridgehead atoms. The zero-order valence-electron chi connectivity index (χ0n) is 10.1. The van der Waals surface area contributed by atoms with E-state index in [1.807, 2.05) is 12.1 Å². The Labute approximate surface area is 117 Å². The lowest BCUT2D eigenvalue weighted by Crippen LogP contribution is -2.11. The molecule has 0 aliphatic carbocycles. The Balaban J connectivity index is 2.29. The van der Waals surface area contributed by atoms with Gasteiger partial charge in [-0.15, -0.1) is 5.10 Å². The number of nitrogens with zero attached hydrogens (tertiary/aromatic N) is 4. The molecule has 0 amide bonds. The lowest BCUT2D eigenvalue weighted by molar-refractivity contribution is 0.0684. The fourth-order valence-electron chi connectivity index (χ4n) is 1.56. The van der Waals surface area contributed by atoms with Gasteiger partial charge >= 0.3 is 5.97 Å². The average molecular weight is 327 g/mol. The monoisotopic (exact) mass is 326 g/mol. The number of hydrogen-bond donors (Lipinski definition) is 1. The second kappa shape index (κ2) is 5.89. The Morgan fingerprint density at radius 2 is 2.32 bits per heavy atom. The zero-order chi connectivity index (χ0) is 13.8. The first kappa shape index (κ1) is 13.6. The summed E-state index contributed by atoms with van der Waals surface area (Å²) in [7, 11) is 1.49. The molecule has 0 radical (unpaired) electrons. The van der Waals surface area contributed by atoms with Gasteiger partial charge in [-0.1, -0.05) is 5.21 Å². The van der Waals surface area contributed by atoms with E-state index in [4.69, 9.17) is 9.84 Å². The predicted octanol–water partition coefficient (Wildman–Crippen LogP) is 1.33. The lowest BCUT2D eigenvalue weighted by atomic mass is 10.3. The first-order valence-electron chi connectivity index (χ1n) is 5.37. The maximum atomic E-state index is 11.0. The van der Waals surface area contributed by atoms with E-state index < -0.39 is 5.97 Å². The van der Waals surface area contributed by atoms with Gasteiger partial charge in [-0.25, -0.2) is 9.48 Å². The van der Waals surface area contributed by atoms with Crippen LogP contribution in [0.25, 0.3) is 0 Å². The highest BCUT2D eigenvalue weighted by Gasteiger charge is 2.19. The van der Waals surface area contributed by atoms with Crippen molar-refractivity contribution in [2.45, 2.75) is 13.2 Å². The predicted molar refractivity (Wildman–Crippen MR) is 68.7 cm³/mol. The van der Waals surface area contributed by atoms with E-state index in [-0.39, 0.29) is 12.3 Å². The minimum atomic E-state index is -1.12. The summed E-state index contributed by atoms with van der Waals surface area (Å²) in [5.41, 5.74) is 1.07. The minimum Gasteiger partial charge on any atom is -0.476 e. The maximum Gasteiger partial charge on any atom is 0.358 e. The number of aromatic carboxylic acids is 1. The summed E-state index contributed by atoms with van der Waals surface area (Å²) >= 11 is 3.30. The number of rotatable bonds is 5. The Morgan fingerprint density at radius 1 is 1.53 bits per heavy atom. The third-order valence-corrected chi connectivity index (χ3v) is 2.89. The normalized spacial score (nSPS) is 10.6. The fraction of sp³-hybridized carbons (Fsp3) is 0.273. The summed E-state index contributed by atoms with van der Waals surface area (Å²) in [5.74, 6) is -1.12. The van der Waals surface area contributed by atoms with Crippen molar-refractivity contribution < 1.29 is 14.6 Å². The molecular weight excluding hydrogens is 316 g/mol. The third kappa shape index (κ3) is 3.15. The van der Waals surface area contributed by atoms with Crippen LogP contribution in [0.15, 0.2) is 22.8 Å². The smallest absolute Gasteiger partial charge is 0.358 e. The van der Waals surface area contributed by atoms with Gasteiger partial charge in [0.2, 0.25) is 0 Å². The van der Waals surface area contributed by atoms with E-state index >= 15 is 0 Å². The molecule has 100 valence electrons. The van der Waals surface area contributed by atoms with Crippen LogP contribution >= 0.6 is 15.9 Å². The molecule has 0 spiro atoms. The molecule has 2 aromatic heterocycles. The molecule has 0 saturated heterocycles. The van der Waals surface area contributed by atoms with Gasteiger partial charge in [0, 0.05) is 17.8 Å². The number of ether oxygens (including phenoxy) is 1. The number of aromatic nitrogens is 4. The van der Waals surface area contributed by atoms with E-state index in [2.05, 4.69) is 31.2 Å². The quantitative estimate of drug-likeness (QED) is 0.891. The van der Waals surface area contributed by atoms with E-state index in [1.165, 1.54) is 11.8 Å². The lowest BCUT2D eigenvalue weighted by Gasteiger charge is -2.05. The summed E-state index contributed by atoms with van der Waals surface area (Å²) in [6.45, 7) is 0.470. The standard InChI is InChI=1S/C11H11BrN4O3/c1-19-6-9-10(11(17)18)14-15-16(9)5-8-3-2-7(12)4-13-8/h2-4H,5-6H2,1H3,(H,17,18). The molecule has 0 unspecified atom stereocenters. The fourth-order valence-corrected chi connectivity index (χ4v) is 1.79. The van der Waals surface area contributed by atoms with Crippen LogP contribution in [0.5, 0.6) is 0 Å². The molecule has 0 atom stereocenters. The van der Waals surface area contributed by atoms with Crippen LogP contribution in [0.2, 0.25) is 0 Å². The van der Waals surface area contributed by atoms with Crippen molar-refractivity contribution in [3.63, 3.8) is 0 Å². The maximum absolute atomic E-state index is 11.0. The molecule has 19 heavy (non-hydrogen) atoms. The van der Waals surface area contributed by atoms with Crippen LogP contribution in [0.4, 0.5) is 0 Å². The molecule has 0 saturated carbocycles. The summed E-state index contributed by atoms with van der Waals surface area (Å²) in [6.07, 6.45) is 1.67. The van der Waals surface area contributed by atoms with Gasteiger partial charge < -0.3 is 9.84 Å². The number of halogens is 1. The summed E-state index contributed by atoms with van der Waals surface area (Å²) in [6, 6.07) is 3.68. The highest BCUT2D eigenvalue weighted by atomic mass is 79.9. The van der Waals surface area contributed by atoms with E-state index in [9.17, 15) is 4.79 Å². The van der Waals surface area contributed by atoms with Gasteiger partial charge in [-0.05, 0) is 28.1 Å². The van der Waals surface area contributed by atoms with Crippen LogP contribution in [0, 0.1) is 0 Å². The first-order chi connectivity index (χ1) is 9.11. The topological polar surface area (TPSA) is 90.1 Å². The SMILES string of the molecule is COCc1c(C(=O)O)nnn1Cc1ccc(Br)cn1. The molecule has 2 heterocycles. The number of carboxylic acid groups (broad SMARTS) is 1. The van der Waals surface area contributed by atoms with Gasteiger partial charge in [0.15, 0.2) is 5.69 Å². The Morgan fingerprint density at radius 3 is 2.89 bits per heavy atom. The second-order valence-electron chi connectivity index (χ2n) is 3.75. The number of carboxylic acids is 1. The highest BCUT2D eigenvalue weighted by molar-refractivity contribution is 9.10. The minimum absolute atomic E-state index is 0.0982. The Hall–Kier alpha value is -1.80. The van der Waals surface area contributed by atoms with E-state index in [0.717, 1.165) is 10.2 Å². The van der Waals surface area contributed by atoms with Crippen molar-refractivity contribution in [3.05, 3.63) is 39.9 Å². The van der Waals surface area contributed by atoms with Crippen molar-refractivity contribution in [2.24, 2.45) is 0 Å². The number of pyridine rings is 1. The first-order valence-corrected chi connectivity index (χ1v) is 6.16. The van der Waals surface area contributed by atoms with Crippen molar-refractivity contribution >= 4 is 21.9 Å². The largest absolute Gasteiger partial charge is 0.476 e. The van der Waals surface area contributed by atoms with E-state index in [1.54, 1.807) is 6.20 Å². The molecule has 8 heteroatoms. The summed E-state index contributed by atoms with van der Waals surface area (Å²) < 4.78 is 7.33. The van der Waals surface area contributed by atoms with Gasteiger partial charge in [-0.3, -0.25) is 4.98 Å². The molecule has 0 aromatic carbocycles. The van der Waals surface area contributed by atoms with Crippen molar-refractivity contribution in [1.29, 1.82) is 0 Å². The molecule has 7 nitrogen and oxygen atoms in total. The molecule has 0 fully saturated rings. The van der Waals surface area contributed by atoms with Crippen molar-refractivity contribution in [2.75, 3.05) is 7.11 Å².